The molecule has 1 aliphatic heterocycles. The highest BCUT2D eigenvalue weighted by molar-refractivity contribution is 5.76. The summed E-state index contributed by atoms with van der Waals surface area (Å²) in [6.07, 6.45) is 6.19. The van der Waals surface area contributed by atoms with Crippen LogP contribution in [0, 0.1) is 5.82 Å². The highest BCUT2D eigenvalue weighted by Gasteiger charge is 2.13. The van der Waals surface area contributed by atoms with Crippen molar-refractivity contribution < 1.29 is 13.6 Å². The van der Waals surface area contributed by atoms with Crippen molar-refractivity contribution in [3.8, 4) is 11.3 Å². The van der Waals surface area contributed by atoms with Gasteiger partial charge in [-0.25, -0.2) is 9.37 Å². The van der Waals surface area contributed by atoms with Gasteiger partial charge in [0.1, 0.15) is 5.82 Å². The normalized spacial score (nSPS) is 14.5. The summed E-state index contributed by atoms with van der Waals surface area (Å²) in [4.78, 5) is 19.1. The van der Waals surface area contributed by atoms with Crippen molar-refractivity contribution in [2.45, 2.75) is 45.2 Å². The molecular weight excluding hydrogens is 393 g/mol. The van der Waals surface area contributed by atoms with Gasteiger partial charge in [0.15, 0.2) is 11.7 Å². The van der Waals surface area contributed by atoms with Crippen LogP contribution in [0.25, 0.3) is 11.3 Å². The highest BCUT2D eigenvalue weighted by atomic mass is 19.1. The van der Waals surface area contributed by atoms with Crippen LogP contribution in [0.15, 0.2) is 59.1 Å². The molecule has 0 unspecified atom stereocenters. The molecule has 0 atom stereocenters. The average molecular weight is 422 g/mol. The van der Waals surface area contributed by atoms with Crippen LogP contribution in [-0.2, 0) is 24.3 Å². The number of carbonyl (C=O) groups is 1. The highest BCUT2D eigenvalue weighted by Crippen LogP contribution is 2.21. The van der Waals surface area contributed by atoms with E-state index in [0.717, 1.165) is 30.8 Å². The number of nitrogens with one attached hydrogen (secondary N) is 1. The van der Waals surface area contributed by atoms with Gasteiger partial charge < -0.3 is 9.73 Å². The Balaban J connectivity index is 1.27. The van der Waals surface area contributed by atoms with E-state index in [1.165, 1.54) is 37.0 Å². The van der Waals surface area contributed by atoms with E-state index in [9.17, 15) is 9.18 Å². The van der Waals surface area contributed by atoms with Crippen LogP contribution in [0.1, 0.15) is 42.7 Å². The van der Waals surface area contributed by atoms with Gasteiger partial charge in [-0.2, -0.15) is 0 Å². The lowest BCUT2D eigenvalue weighted by Crippen LogP contribution is -2.30. The first-order valence-corrected chi connectivity index (χ1v) is 10.9. The van der Waals surface area contributed by atoms with Crippen LogP contribution in [0.5, 0.6) is 0 Å². The van der Waals surface area contributed by atoms with E-state index in [1.54, 1.807) is 18.3 Å². The van der Waals surface area contributed by atoms with Gasteiger partial charge in [0.2, 0.25) is 5.91 Å². The third-order valence-corrected chi connectivity index (χ3v) is 5.69. The SMILES string of the molecule is O=C(CCc1ncc(-c2ccc(F)cc2)o1)NCc1ccccc1CN1CCCCC1. The van der Waals surface area contributed by atoms with Crippen LogP contribution in [0.3, 0.4) is 0 Å². The van der Waals surface area contributed by atoms with Gasteiger partial charge in [0, 0.05) is 31.5 Å². The molecule has 0 bridgehead atoms. The van der Waals surface area contributed by atoms with Gasteiger partial charge in [0.05, 0.1) is 6.20 Å². The van der Waals surface area contributed by atoms with Gasteiger partial charge in [-0.3, -0.25) is 9.69 Å². The second-order valence-electron chi connectivity index (χ2n) is 8.01. The summed E-state index contributed by atoms with van der Waals surface area (Å²) < 4.78 is 18.8. The maximum absolute atomic E-state index is 13.1. The maximum Gasteiger partial charge on any atom is 0.220 e. The Bertz CT molecular complexity index is 994. The first kappa shape index (κ1) is 21.2. The second kappa shape index (κ2) is 10.4. The van der Waals surface area contributed by atoms with E-state index >= 15 is 0 Å². The summed E-state index contributed by atoms with van der Waals surface area (Å²) >= 11 is 0. The van der Waals surface area contributed by atoms with E-state index in [2.05, 4.69) is 33.4 Å². The number of benzene rings is 2. The predicted molar refractivity (Wildman–Crippen MR) is 118 cm³/mol. The first-order chi connectivity index (χ1) is 15.2. The number of nitrogens with zero attached hydrogens (tertiary/aromatic N) is 2. The van der Waals surface area contributed by atoms with Crippen molar-refractivity contribution >= 4 is 5.91 Å². The Kier molecular flexibility index (Phi) is 7.10. The van der Waals surface area contributed by atoms with E-state index in [0.29, 0.717) is 31.0 Å². The standard InChI is InChI=1S/C25H28FN3O2/c26-22-10-8-19(9-11-22)23-17-28-25(31-23)13-12-24(30)27-16-20-6-2-3-7-21(20)18-29-14-4-1-5-15-29/h2-3,6-11,17H,1,4-5,12-16,18H2,(H,27,30). The molecule has 31 heavy (non-hydrogen) atoms. The zero-order chi connectivity index (χ0) is 21.5. The van der Waals surface area contributed by atoms with Crippen LogP contribution < -0.4 is 5.32 Å². The molecular formula is C25H28FN3O2. The number of halogens is 1. The summed E-state index contributed by atoms with van der Waals surface area (Å²) in [5.41, 5.74) is 3.20. The largest absolute Gasteiger partial charge is 0.441 e. The first-order valence-electron chi connectivity index (χ1n) is 10.9. The van der Waals surface area contributed by atoms with Crippen LogP contribution in [0.2, 0.25) is 0 Å². The molecule has 0 aliphatic carbocycles. The molecule has 1 aliphatic rings. The number of piperidine rings is 1. The maximum atomic E-state index is 13.1. The number of aromatic nitrogens is 1. The second-order valence-corrected chi connectivity index (χ2v) is 8.01. The summed E-state index contributed by atoms with van der Waals surface area (Å²) in [5, 5.41) is 3.02. The molecule has 2 heterocycles. The van der Waals surface area contributed by atoms with Gasteiger partial charge in [0.25, 0.3) is 0 Å². The van der Waals surface area contributed by atoms with Gasteiger partial charge in [-0.15, -0.1) is 0 Å². The number of amides is 1. The smallest absolute Gasteiger partial charge is 0.220 e. The van der Waals surface area contributed by atoms with Crippen LogP contribution in [-0.4, -0.2) is 28.9 Å². The molecule has 3 aromatic rings. The minimum absolute atomic E-state index is 0.0330. The van der Waals surface area contributed by atoms with Gasteiger partial charge in [-0.1, -0.05) is 30.7 Å². The molecule has 1 aromatic heterocycles. The van der Waals surface area contributed by atoms with Crippen molar-refractivity contribution in [3.05, 3.63) is 77.6 Å². The zero-order valence-corrected chi connectivity index (χ0v) is 17.6. The third-order valence-electron chi connectivity index (χ3n) is 5.69. The quantitative estimate of drug-likeness (QED) is 0.572. The Labute approximate surface area is 182 Å². The number of oxazole rings is 1. The summed E-state index contributed by atoms with van der Waals surface area (Å²) in [6, 6.07) is 14.4. The average Bonchev–Trinajstić information content (AvgIpc) is 3.27. The monoisotopic (exact) mass is 421 g/mol. The van der Waals surface area contributed by atoms with Crippen LogP contribution >= 0.6 is 0 Å². The summed E-state index contributed by atoms with van der Waals surface area (Å²) in [5.74, 6) is 0.744. The molecule has 5 nitrogen and oxygen atoms in total. The van der Waals surface area contributed by atoms with Crippen molar-refractivity contribution in [2.24, 2.45) is 0 Å². The molecule has 0 radical (unpaired) electrons. The topological polar surface area (TPSA) is 58.4 Å². The van der Waals surface area contributed by atoms with Gasteiger partial charge in [-0.05, 0) is 61.3 Å². The number of carbonyl (C=O) groups excluding carboxylic acids is 1. The number of likely N-dealkylation sites (tertiary alicyclic amines) is 1. The Morgan fingerprint density at radius 2 is 1.77 bits per heavy atom. The molecule has 4 rings (SSSR count). The molecule has 1 amide bonds. The summed E-state index contributed by atoms with van der Waals surface area (Å²) in [6.45, 7) is 3.76. The minimum atomic E-state index is -0.294. The Hall–Kier alpha value is -2.99. The molecule has 6 heteroatoms. The van der Waals surface area contributed by atoms with Crippen molar-refractivity contribution in [3.63, 3.8) is 0 Å². The number of rotatable bonds is 8. The fourth-order valence-corrected chi connectivity index (χ4v) is 3.92. The Morgan fingerprint density at radius 1 is 1.03 bits per heavy atom. The molecule has 1 N–H and O–H groups in total. The minimum Gasteiger partial charge on any atom is -0.441 e. The number of aryl methyl sites for hydroxylation is 1. The van der Waals surface area contributed by atoms with Crippen molar-refractivity contribution in [2.75, 3.05) is 13.1 Å². The lowest BCUT2D eigenvalue weighted by atomic mass is 10.0. The Morgan fingerprint density at radius 3 is 2.55 bits per heavy atom. The fraction of sp³-hybridized carbons (Fsp3) is 0.360. The molecule has 162 valence electrons. The lowest BCUT2D eigenvalue weighted by Gasteiger charge is -2.27. The van der Waals surface area contributed by atoms with E-state index in [4.69, 9.17) is 4.42 Å². The van der Waals surface area contributed by atoms with E-state index < -0.39 is 0 Å². The van der Waals surface area contributed by atoms with Crippen molar-refractivity contribution in [1.29, 1.82) is 0 Å². The molecule has 0 saturated carbocycles. The summed E-state index contributed by atoms with van der Waals surface area (Å²) in [7, 11) is 0. The lowest BCUT2D eigenvalue weighted by molar-refractivity contribution is -0.121. The molecule has 1 saturated heterocycles. The van der Waals surface area contributed by atoms with Gasteiger partial charge >= 0.3 is 0 Å². The number of hydrogen-bond acceptors (Lipinski definition) is 4. The van der Waals surface area contributed by atoms with E-state index in [1.807, 2.05) is 6.07 Å². The fourth-order valence-electron chi connectivity index (χ4n) is 3.92. The predicted octanol–water partition coefficient (Wildman–Crippen LogP) is 4.72. The molecule has 0 spiro atoms. The molecule has 1 fully saturated rings. The van der Waals surface area contributed by atoms with Crippen molar-refractivity contribution in [1.82, 2.24) is 15.2 Å². The number of hydrogen-bond donors (Lipinski definition) is 1. The third kappa shape index (κ3) is 6.01. The zero-order valence-electron chi connectivity index (χ0n) is 17.6. The molecule has 2 aromatic carbocycles. The van der Waals surface area contributed by atoms with E-state index in [-0.39, 0.29) is 11.7 Å². The van der Waals surface area contributed by atoms with Crippen LogP contribution in [0.4, 0.5) is 4.39 Å².